The van der Waals surface area contributed by atoms with Crippen molar-refractivity contribution in [1.82, 2.24) is 0 Å². The van der Waals surface area contributed by atoms with Gasteiger partial charge in [0.05, 0.1) is 6.10 Å². The van der Waals surface area contributed by atoms with Gasteiger partial charge >= 0.3 is 0 Å². The monoisotopic (exact) mass is 284 g/mol. The molecular weight excluding hydrogens is 256 g/mol. The molecule has 0 radical (unpaired) electrons. The van der Waals surface area contributed by atoms with E-state index < -0.39 is 0 Å². The van der Waals surface area contributed by atoms with Gasteiger partial charge in [-0.05, 0) is 66.0 Å². The van der Waals surface area contributed by atoms with Crippen LogP contribution in [-0.2, 0) is 11.8 Å². The van der Waals surface area contributed by atoms with Gasteiger partial charge in [-0.2, -0.15) is 0 Å². The molecule has 21 heavy (non-hydrogen) atoms. The minimum Gasteiger partial charge on any atom is -0.393 e. The van der Waals surface area contributed by atoms with E-state index in [0.717, 1.165) is 19.3 Å². The minimum absolute atomic E-state index is 0.00389. The maximum Gasteiger partial charge on any atom is 0.0594 e. The lowest BCUT2D eigenvalue weighted by atomic mass is 9.49. The van der Waals surface area contributed by atoms with Crippen LogP contribution >= 0.6 is 0 Å². The van der Waals surface area contributed by atoms with Crippen LogP contribution in [0.2, 0.25) is 0 Å². The molecule has 0 spiro atoms. The smallest absolute Gasteiger partial charge is 0.0594 e. The van der Waals surface area contributed by atoms with Crippen molar-refractivity contribution in [3.05, 3.63) is 41.5 Å². The average molecular weight is 284 g/mol. The largest absolute Gasteiger partial charge is 0.393 e. The first-order valence-electron chi connectivity index (χ1n) is 8.25. The molecule has 1 nitrogen and oxygen atoms in total. The molecule has 0 unspecified atom stereocenters. The van der Waals surface area contributed by atoms with Crippen LogP contribution in [0.25, 0.3) is 5.57 Å². The molecule has 2 aliphatic carbocycles. The predicted octanol–water partition coefficient (Wildman–Crippen LogP) is 4.72. The van der Waals surface area contributed by atoms with Gasteiger partial charge in [0.25, 0.3) is 0 Å². The Hall–Kier alpha value is -1.08. The summed E-state index contributed by atoms with van der Waals surface area (Å²) in [6.07, 6.45) is 4.14. The van der Waals surface area contributed by atoms with Crippen molar-refractivity contribution < 1.29 is 5.11 Å². The lowest BCUT2D eigenvalue weighted by Gasteiger charge is -2.56. The molecule has 1 saturated carbocycles. The third kappa shape index (κ3) is 2.01. The van der Waals surface area contributed by atoms with E-state index >= 15 is 0 Å². The summed E-state index contributed by atoms with van der Waals surface area (Å²) in [7, 11) is 0. The van der Waals surface area contributed by atoms with Crippen LogP contribution < -0.4 is 0 Å². The number of benzene rings is 1. The van der Waals surface area contributed by atoms with Crippen molar-refractivity contribution in [2.45, 2.75) is 64.9 Å². The molecule has 0 heterocycles. The summed E-state index contributed by atoms with van der Waals surface area (Å²) >= 11 is 0. The second kappa shape index (κ2) is 4.71. The molecular formula is C20H28O. The zero-order valence-corrected chi connectivity index (χ0v) is 13.9. The van der Waals surface area contributed by atoms with Crippen molar-refractivity contribution in [1.29, 1.82) is 0 Å². The fourth-order valence-electron chi connectivity index (χ4n) is 5.13. The van der Waals surface area contributed by atoms with Gasteiger partial charge < -0.3 is 5.11 Å². The van der Waals surface area contributed by atoms with Crippen molar-refractivity contribution in [2.75, 3.05) is 0 Å². The predicted molar refractivity (Wildman–Crippen MR) is 89.3 cm³/mol. The molecule has 0 saturated heterocycles. The number of hydrogen-bond acceptors (Lipinski definition) is 1. The second-order valence-corrected chi connectivity index (χ2v) is 8.00. The number of allylic oxidation sites excluding steroid dienone is 1. The highest BCUT2D eigenvalue weighted by Gasteiger charge is 2.53. The van der Waals surface area contributed by atoms with Crippen LogP contribution in [0.4, 0.5) is 0 Å². The lowest BCUT2D eigenvalue weighted by Crippen LogP contribution is -2.53. The Morgan fingerprint density at radius 2 is 1.95 bits per heavy atom. The number of aliphatic hydroxyl groups excluding tert-OH is 1. The molecule has 2 aliphatic rings. The van der Waals surface area contributed by atoms with Gasteiger partial charge in [0.15, 0.2) is 0 Å². The van der Waals surface area contributed by atoms with Gasteiger partial charge in [-0.1, -0.05) is 51.1 Å². The quantitative estimate of drug-likeness (QED) is 0.791. The van der Waals surface area contributed by atoms with Gasteiger partial charge in [-0.25, -0.2) is 0 Å². The van der Waals surface area contributed by atoms with Crippen LogP contribution in [0.5, 0.6) is 0 Å². The molecule has 1 fully saturated rings. The van der Waals surface area contributed by atoms with Gasteiger partial charge in [0.1, 0.15) is 0 Å². The van der Waals surface area contributed by atoms with Gasteiger partial charge in [0.2, 0.25) is 0 Å². The number of rotatable bonds is 1. The van der Waals surface area contributed by atoms with E-state index in [1.807, 2.05) is 0 Å². The Balaban J connectivity index is 2.15. The SMILES string of the molecule is C=C(C)c1cccc2c1CC[C@H]1C(C)(C)[C@@H](O)CC[C@]21C. The van der Waals surface area contributed by atoms with Crippen molar-refractivity contribution in [2.24, 2.45) is 11.3 Å². The summed E-state index contributed by atoms with van der Waals surface area (Å²) in [5.74, 6) is 0.557. The van der Waals surface area contributed by atoms with E-state index in [9.17, 15) is 5.11 Å². The molecule has 1 N–H and O–H groups in total. The van der Waals surface area contributed by atoms with E-state index in [2.05, 4.69) is 52.5 Å². The summed E-state index contributed by atoms with van der Waals surface area (Å²) in [6, 6.07) is 6.73. The molecule has 0 bridgehead atoms. The number of fused-ring (bicyclic) bond motifs is 3. The van der Waals surface area contributed by atoms with Gasteiger partial charge in [0, 0.05) is 0 Å². The third-order valence-corrected chi connectivity index (χ3v) is 6.40. The third-order valence-electron chi connectivity index (χ3n) is 6.40. The van der Waals surface area contributed by atoms with Crippen LogP contribution in [0, 0.1) is 11.3 Å². The second-order valence-electron chi connectivity index (χ2n) is 8.00. The van der Waals surface area contributed by atoms with E-state index in [-0.39, 0.29) is 16.9 Å². The molecule has 0 amide bonds. The Morgan fingerprint density at radius 3 is 2.62 bits per heavy atom. The molecule has 3 atom stereocenters. The number of hydrogen-bond donors (Lipinski definition) is 1. The summed E-state index contributed by atoms with van der Waals surface area (Å²) in [5.41, 5.74) is 5.74. The van der Waals surface area contributed by atoms with E-state index in [4.69, 9.17) is 0 Å². The first-order chi connectivity index (χ1) is 9.78. The molecule has 114 valence electrons. The summed E-state index contributed by atoms with van der Waals surface area (Å²) in [6.45, 7) is 13.2. The first-order valence-corrected chi connectivity index (χ1v) is 8.25. The van der Waals surface area contributed by atoms with Crippen LogP contribution in [0.3, 0.4) is 0 Å². The molecule has 3 rings (SSSR count). The minimum atomic E-state index is -0.165. The van der Waals surface area contributed by atoms with E-state index in [0.29, 0.717) is 5.92 Å². The fourth-order valence-corrected chi connectivity index (χ4v) is 5.13. The van der Waals surface area contributed by atoms with Crippen LogP contribution in [0.1, 0.15) is 63.6 Å². The number of aliphatic hydroxyl groups is 1. The van der Waals surface area contributed by atoms with Crippen molar-refractivity contribution in [3.63, 3.8) is 0 Å². The Morgan fingerprint density at radius 1 is 1.24 bits per heavy atom. The topological polar surface area (TPSA) is 20.2 Å². The standard InChI is InChI=1S/C20H28O/c1-13(2)14-7-6-8-16-15(14)9-10-17-19(3,4)18(21)11-12-20(16,17)5/h6-8,17-18,21H,1,9-12H2,2-5H3/t17-,18-,20+/m0/s1. The first kappa shape index (κ1) is 14.8. The molecule has 1 aromatic rings. The summed E-state index contributed by atoms with van der Waals surface area (Å²) in [5, 5.41) is 10.5. The maximum absolute atomic E-state index is 10.5. The highest BCUT2D eigenvalue weighted by Crippen LogP contribution is 2.57. The van der Waals surface area contributed by atoms with Crippen molar-refractivity contribution in [3.8, 4) is 0 Å². The lowest BCUT2D eigenvalue weighted by molar-refractivity contribution is -0.0731. The molecule has 1 aromatic carbocycles. The fraction of sp³-hybridized carbons (Fsp3) is 0.600. The Labute approximate surface area is 129 Å². The zero-order chi connectivity index (χ0) is 15.4. The molecule has 0 aliphatic heterocycles. The van der Waals surface area contributed by atoms with Crippen molar-refractivity contribution >= 4 is 5.57 Å². The Kier molecular flexibility index (Phi) is 3.33. The van der Waals surface area contributed by atoms with E-state index in [1.54, 1.807) is 0 Å². The van der Waals surface area contributed by atoms with Gasteiger partial charge in [-0.15, -0.1) is 0 Å². The van der Waals surface area contributed by atoms with E-state index in [1.165, 1.54) is 28.7 Å². The highest BCUT2D eigenvalue weighted by molar-refractivity contribution is 5.67. The molecule has 0 aromatic heterocycles. The van der Waals surface area contributed by atoms with Crippen LogP contribution in [-0.4, -0.2) is 11.2 Å². The average Bonchev–Trinajstić information content (AvgIpc) is 2.43. The highest BCUT2D eigenvalue weighted by atomic mass is 16.3. The van der Waals surface area contributed by atoms with Gasteiger partial charge in [-0.3, -0.25) is 0 Å². The Bertz CT molecular complexity index is 584. The normalized spacial score (nSPS) is 34.0. The van der Waals surface area contributed by atoms with Crippen LogP contribution in [0.15, 0.2) is 24.8 Å². The zero-order valence-electron chi connectivity index (χ0n) is 13.9. The maximum atomic E-state index is 10.5. The molecule has 1 heteroatoms. The summed E-state index contributed by atoms with van der Waals surface area (Å²) < 4.78 is 0. The summed E-state index contributed by atoms with van der Waals surface area (Å²) in [4.78, 5) is 0.